The van der Waals surface area contributed by atoms with E-state index >= 15 is 0 Å². The Morgan fingerprint density at radius 2 is 1.24 bits per heavy atom. The summed E-state index contributed by atoms with van der Waals surface area (Å²) in [5.74, 6) is 0. The smallest absolute Gasteiger partial charge is 0.0680 e. The molecule has 1 aromatic rings. The molecule has 0 spiro atoms. The van der Waals surface area contributed by atoms with Crippen LogP contribution >= 0.6 is 0 Å². The summed E-state index contributed by atoms with van der Waals surface area (Å²) in [5, 5.41) is 2.30. The van der Waals surface area contributed by atoms with Gasteiger partial charge < -0.3 is 0 Å². The molecule has 0 aliphatic carbocycles. The van der Waals surface area contributed by atoms with Gasteiger partial charge in [-0.1, -0.05) is 93.7 Å². The van der Waals surface area contributed by atoms with E-state index in [0.717, 1.165) is 0 Å². The fourth-order valence-electron chi connectivity index (χ4n) is 4.67. The van der Waals surface area contributed by atoms with Crippen LogP contribution in [0.1, 0.15) is 58.2 Å². The Bertz CT molecular complexity index is 448. The average molecular weight is 321 g/mol. The minimum atomic E-state index is -1.16. The Hall–Kier alpha value is -0.346. The highest BCUT2D eigenvalue weighted by atomic mass is 29.2. The molecule has 1 aromatic carbocycles. The van der Waals surface area contributed by atoms with Gasteiger partial charge in [-0.15, -0.1) is 0 Å². The topological polar surface area (TPSA) is 0 Å². The summed E-state index contributed by atoms with van der Waals surface area (Å²) in [6.45, 7) is 21.9. The second-order valence-electron chi connectivity index (χ2n) is 8.03. The molecule has 0 saturated carbocycles. The van der Waals surface area contributed by atoms with Crippen molar-refractivity contribution in [1.82, 2.24) is 0 Å². The lowest BCUT2D eigenvalue weighted by molar-refractivity contribution is 0.750. The van der Waals surface area contributed by atoms with Gasteiger partial charge >= 0.3 is 0 Å². The molecule has 0 N–H and O–H groups in total. The first kappa shape index (κ1) is 18.7. The second kappa shape index (κ2) is 6.83. The van der Waals surface area contributed by atoms with Crippen molar-refractivity contribution < 1.29 is 0 Å². The molecule has 1 atom stereocenters. The zero-order valence-corrected chi connectivity index (χ0v) is 18.0. The summed E-state index contributed by atoms with van der Waals surface area (Å²) in [6.07, 6.45) is 0. The van der Waals surface area contributed by atoms with Gasteiger partial charge in [0, 0.05) is 7.59 Å². The van der Waals surface area contributed by atoms with Gasteiger partial charge in [0.25, 0.3) is 0 Å². The largest absolute Gasteiger partial charge is 0.0710 e. The van der Waals surface area contributed by atoms with Gasteiger partial charge in [-0.25, -0.2) is 0 Å². The zero-order valence-electron chi connectivity index (χ0n) is 15.9. The van der Waals surface area contributed by atoms with Crippen LogP contribution in [0, 0.1) is 20.8 Å². The molecule has 1 unspecified atom stereocenters. The fourth-order valence-corrected chi connectivity index (χ4v) is 24.2. The fraction of sp³-hybridized carbons (Fsp3) is 0.684. The van der Waals surface area contributed by atoms with Crippen LogP contribution < -0.4 is 5.19 Å². The van der Waals surface area contributed by atoms with Crippen molar-refractivity contribution in [3.05, 3.63) is 28.8 Å². The van der Waals surface area contributed by atoms with E-state index in [1.54, 1.807) is 11.1 Å². The molecule has 21 heavy (non-hydrogen) atoms. The zero-order chi connectivity index (χ0) is 16.4. The van der Waals surface area contributed by atoms with Crippen LogP contribution in [-0.2, 0) is 0 Å². The normalized spacial score (nSPS) is 14.3. The highest BCUT2D eigenvalue weighted by Crippen LogP contribution is 2.38. The third kappa shape index (κ3) is 3.71. The van der Waals surface area contributed by atoms with Crippen LogP contribution in [0.15, 0.2) is 12.1 Å². The van der Waals surface area contributed by atoms with Gasteiger partial charge in [-0.3, -0.25) is 0 Å². The first-order valence-electron chi connectivity index (χ1n) is 8.70. The average Bonchev–Trinajstić information content (AvgIpc) is 2.37. The van der Waals surface area contributed by atoms with E-state index in [-0.39, 0.29) is 0 Å². The van der Waals surface area contributed by atoms with Crippen molar-refractivity contribution in [3.63, 3.8) is 0 Å². The second-order valence-corrected chi connectivity index (χ2v) is 21.5. The maximum atomic E-state index is 2.52. The van der Waals surface area contributed by atoms with Gasteiger partial charge in [-0.05, 0) is 25.8 Å². The first-order chi connectivity index (χ1) is 9.62. The standard InChI is InChI=1S/C19H36Si2/c1-10-21(11-2,12-3)20(19(7,8)9)18-16(5)13-15(4)14-17(18)6/h13-14,20H,10-12H2,1-9H3. The summed E-state index contributed by atoms with van der Waals surface area (Å²) in [4.78, 5) is 0. The lowest BCUT2D eigenvalue weighted by atomic mass is 10.1. The van der Waals surface area contributed by atoms with E-state index in [0.29, 0.717) is 5.04 Å². The van der Waals surface area contributed by atoms with Crippen molar-refractivity contribution in [1.29, 1.82) is 0 Å². The number of benzene rings is 1. The van der Waals surface area contributed by atoms with Gasteiger partial charge in [0.1, 0.15) is 0 Å². The van der Waals surface area contributed by atoms with Gasteiger partial charge in [0.15, 0.2) is 0 Å². The molecule has 0 aliphatic rings. The summed E-state index contributed by atoms with van der Waals surface area (Å²) in [7, 11) is -2.16. The van der Waals surface area contributed by atoms with Crippen molar-refractivity contribution in [3.8, 4) is 0 Å². The first-order valence-corrected chi connectivity index (χ1v) is 14.3. The molecule has 0 saturated heterocycles. The lowest BCUT2D eigenvalue weighted by Gasteiger charge is -2.45. The molecule has 0 amide bonds. The maximum Gasteiger partial charge on any atom is 0.0710 e. The van der Waals surface area contributed by atoms with E-state index in [1.165, 1.54) is 23.7 Å². The van der Waals surface area contributed by atoms with Crippen LogP contribution in [-0.4, -0.2) is 15.9 Å². The third-order valence-electron chi connectivity index (χ3n) is 5.62. The Kier molecular flexibility index (Phi) is 6.08. The Balaban J connectivity index is 3.62. The summed E-state index contributed by atoms with van der Waals surface area (Å²) < 4.78 is 0. The van der Waals surface area contributed by atoms with E-state index in [2.05, 4.69) is 74.4 Å². The summed E-state index contributed by atoms with van der Waals surface area (Å²) in [5.41, 5.74) is 4.57. The van der Waals surface area contributed by atoms with Crippen molar-refractivity contribution in [2.45, 2.75) is 85.5 Å². The van der Waals surface area contributed by atoms with Crippen molar-refractivity contribution in [2.24, 2.45) is 0 Å². The molecule has 2 heteroatoms. The van der Waals surface area contributed by atoms with Crippen molar-refractivity contribution in [2.75, 3.05) is 0 Å². The predicted molar refractivity (Wildman–Crippen MR) is 104 cm³/mol. The molecule has 0 radical (unpaired) electrons. The van der Waals surface area contributed by atoms with Crippen LogP contribution in [0.2, 0.25) is 23.2 Å². The quantitative estimate of drug-likeness (QED) is 0.634. The van der Waals surface area contributed by atoms with Gasteiger partial charge in [-0.2, -0.15) is 0 Å². The highest BCUT2D eigenvalue weighted by molar-refractivity contribution is 7.38. The molecule has 0 aromatic heterocycles. The monoisotopic (exact) mass is 320 g/mol. The number of aryl methyl sites for hydroxylation is 3. The molecule has 1 rings (SSSR count). The minimum absolute atomic E-state index is 0.485. The number of hydrogen-bond donors (Lipinski definition) is 0. The molecule has 0 nitrogen and oxygen atoms in total. The lowest BCUT2D eigenvalue weighted by Crippen LogP contribution is -2.62. The molecule has 0 heterocycles. The van der Waals surface area contributed by atoms with Crippen molar-refractivity contribution >= 4 is 21.1 Å². The maximum absolute atomic E-state index is 2.52. The Morgan fingerprint density at radius 1 is 0.857 bits per heavy atom. The SMILES string of the molecule is CC[Si](CC)(CC)[SiH](c1c(C)cc(C)cc1C)C(C)(C)C. The van der Waals surface area contributed by atoms with Crippen LogP contribution in [0.4, 0.5) is 0 Å². The van der Waals surface area contributed by atoms with E-state index in [9.17, 15) is 0 Å². The van der Waals surface area contributed by atoms with Gasteiger partial charge in [0.2, 0.25) is 0 Å². The van der Waals surface area contributed by atoms with E-state index in [1.807, 2.05) is 5.19 Å². The van der Waals surface area contributed by atoms with Crippen LogP contribution in [0.25, 0.3) is 0 Å². The van der Waals surface area contributed by atoms with E-state index < -0.39 is 15.9 Å². The Morgan fingerprint density at radius 3 is 1.52 bits per heavy atom. The van der Waals surface area contributed by atoms with Crippen LogP contribution in [0.3, 0.4) is 0 Å². The Labute approximate surface area is 135 Å². The number of hydrogen-bond acceptors (Lipinski definition) is 0. The van der Waals surface area contributed by atoms with Gasteiger partial charge in [0.05, 0.1) is 8.31 Å². The number of rotatable bonds is 5. The molecule has 0 aliphatic heterocycles. The molecule has 0 fully saturated rings. The minimum Gasteiger partial charge on any atom is -0.0680 e. The molecule has 0 bridgehead atoms. The highest BCUT2D eigenvalue weighted by Gasteiger charge is 2.46. The summed E-state index contributed by atoms with van der Waals surface area (Å²) >= 11 is 0. The third-order valence-corrected chi connectivity index (χ3v) is 25.1. The van der Waals surface area contributed by atoms with E-state index in [4.69, 9.17) is 0 Å². The molecular weight excluding hydrogens is 284 g/mol. The summed E-state index contributed by atoms with van der Waals surface area (Å²) in [6, 6.07) is 9.23. The predicted octanol–water partition coefficient (Wildman–Crippen LogP) is 5.43. The van der Waals surface area contributed by atoms with Crippen LogP contribution in [0.5, 0.6) is 0 Å². The molecule has 120 valence electrons. The molecular formula is C19H36Si2.